The van der Waals surface area contributed by atoms with Crippen molar-refractivity contribution < 1.29 is 14.4 Å². The maximum Gasteiger partial charge on any atom is 0.245 e. The summed E-state index contributed by atoms with van der Waals surface area (Å²) >= 11 is 0. The molecule has 0 spiro atoms. The highest BCUT2D eigenvalue weighted by atomic mass is 16.2. The molecule has 1 unspecified atom stereocenters. The van der Waals surface area contributed by atoms with Gasteiger partial charge in [0, 0.05) is 18.2 Å². The third kappa shape index (κ3) is 6.02. The maximum absolute atomic E-state index is 12.3. The van der Waals surface area contributed by atoms with Crippen molar-refractivity contribution in [2.24, 2.45) is 5.41 Å². The highest BCUT2D eigenvalue weighted by Crippen LogP contribution is 2.13. The van der Waals surface area contributed by atoms with Gasteiger partial charge in [-0.25, -0.2) is 0 Å². The third-order valence-corrected chi connectivity index (χ3v) is 3.49. The van der Waals surface area contributed by atoms with Crippen molar-refractivity contribution in [2.75, 3.05) is 18.9 Å². The van der Waals surface area contributed by atoms with Crippen LogP contribution in [0.4, 0.5) is 5.69 Å². The number of nitrogens with one attached hydrogen (secondary N) is 2. The lowest BCUT2D eigenvalue weighted by molar-refractivity contribution is -0.138. The Morgan fingerprint density at radius 3 is 2.17 bits per heavy atom. The molecule has 0 aliphatic heterocycles. The van der Waals surface area contributed by atoms with Crippen LogP contribution in [-0.4, -0.2) is 42.3 Å². The predicted octanol–water partition coefficient (Wildman–Crippen LogP) is 1.94. The number of carbonyl (C=O) groups is 3. The molecule has 1 aromatic carbocycles. The van der Waals surface area contributed by atoms with E-state index in [1.165, 1.54) is 11.9 Å². The van der Waals surface area contributed by atoms with E-state index in [0.717, 1.165) is 5.56 Å². The number of aryl methyl sites for hydroxylation is 1. The molecule has 0 aliphatic rings. The Bertz CT molecular complexity index is 603. The molecule has 0 saturated carbocycles. The van der Waals surface area contributed by atoms with Crippen LogP contribution in [0.5, 0.6) is 0 Å². The Hall–Kier alpha value is -2.37. The SMILES string of the molecule is Cc1ccc(NC(=O)CN(C)C(=O)C(C)NC(=O)C(C)(C)C)cc1. The van der Waals surface area contributed by atoms with E-state index in [-0.39, 0.29) is 24.3 Å². The van der Waals surface area contributed by atoms with Crippen LogP contribution in [0.3, 0.4) is 0 Å². The number of hydrogen-bond donors (Lipinski definition) is 2. The second kappa shape index (κ2) is 7.95. The first kappa shape index (κ1) is 19.7. The number of carbonyl (C=O) groups excluding carboxylic acids is 3. The van der Waals surface area contributed by atoms with E-state index in [1.54, 1.807) is 39.8 Å². The van der Waals surface area contributed by atoms with Crippen LogP contribution >= 0.6 is 0 Å². The Morgan fingerprint density at radius 1 is 1.12 bits per heavy atom. The highest BCUT2D eigenvalue weighted by Gasteiger charge is 2.26. The van der Waals surface area contributed by atoms with Crippen molar-refractivity contribution in [3.05, 3.63) is 29.8 Å². The van der Waals surface area contributed by atoms with Crippen LogP contribution in [-0.2, 0) is 14.4 Å². The van der Waals surface area contributed by atoms with E-state index in [1.807, 2.05) is 19.1 Å². The summed E-state index contributed by atoms with van der Waals surface area (Å²) in [5.74, 6) is -0.809. The number of benzene rings is 1. The van der Waals surface area contributed by atoms with Gasteiger partial charge in [0.2, 0.25) is 17.7 Å². The zero-order valence-electron chi connectivity index (χ0n) is 15.3. The minimum Gasteiger partial charge on any atom is -0.344 e. The Labute approximate surface area is 143 Å². The second-order valence-corrected chi connectivity index (χ2v) is 7.05. The van der Waals surface area contributed by atoms with Gasteiger partial charge in [-0.2, -0.15) is 0 Å². The quantitative estimate of drug-likeness (QED) is 0.864. The minimum atomic E-state index is -0.686. The average Bonchev–Trinajstić information content (AvgIpc) is 2.47. The van der Waals surface area contributed by atoms with E-state index in [2.05, 4.69) is 10.6 Å². The van der Waals surface area contributed by atoms with E-state index in [0.29, 0.717) is 5.69 Å². The Kier molecular flexibility index (Phi) is 6.51. The fraction of sp³-hybridized carbons (Fsp3) is 0.500. The van der Waals surface area contributed by atoms with Gasteiger partial charge in [0.25, 0.3) is 0 Å². The van der Waals surface area contributed by atoms with Crippen molar-refractivity contribution in [3.8, 4) is 0 Å². The fourth-order valence-corrected chi connectivity index (χ4v) is 1.94. The van der Waals surface area contributed by atoms with Gasteiger partial charge in [0.05, 0.1) is 6.54 Å². The molecule has 0 saturated heterocycles. The van der Waals surface area contributed by atoms with Gasteiger partial charge >= 0.3 is 0 Å². The molecule has 24 heavy (non-hydrogen) atoms. The highest BCUT2D eigenvalue weighted by molar-refractivity contribution is 5.96. The standard InChI is InChI=1S/C18H27N3O3/c1-12-7-9-14(10-8-12)20-15(22)11-21(6)16(23)13(2)19-17(24)18(3,4)5/h7-10,13H,11H2,1-6H3,(H,19,24)(H,20,22). The fourth-order valence-electron chi connectivity index (χ4n) is 1.94. The van der Waals surface area contributed by atoms with Crippen molar-refractivity contribution >= 4 is 23.4 Å². The first-order valence-corrected chi connectivity index (χ1v) is 7.93. The molecule has 0 aliphatic carbocycles. The second-order valence-electron chi connectivity index (χ2n) is 7.05. The van der Waals surface area contributed by atoms with Crippen LogP contribution in [0.25, 0.3) is 0 Å². The molecular weight excluding hydrogens is 306 g/mol. The van der Waals surface area contributed by atoms with E-state index >= 15 is 0 Å². The van der Waals surface area contributed by atoms with Gasteiger partial charge < -0.3 is 15.5 Å². The molecule has 132 valence electrons. The molecule has 1 rings (SSSR count). The van der Waals surface area contributed by atoms with Crippen LogP contribution < -0.4 is 10.6 Å². The first-order chi connectivity index (χ1) is 11.0. The molecule has 6 heteroatoms. The van der Waals surface area contributed by atoms with Gasteiger partial charge in [0.1, 0.15) is 6.04 Å². The van der Waals surface area contributed by atoms with Gasteiger partial charge in [-0.3, -0.25) is 14.4 Å². The van der Waals surface area contributed by atoms with Crippen LogP contribution in [0.15, 0.2) is 24.3 Å². The molecule has 3 amide bonds. The molecule has 0 heterocycles. The number of hydrogen-bond acceptors (Lipinski definition) is 3. The van der Waals surface area contributed by atoms with Crippen molar-refractivity contribution in [2.45, 2.75) is 40.7 Å². The van der Waals surface area contributed by atoms with Crippen LogP contribution in [0.1, 0.15) is 33.3 Å². The van der Waals surface area contributed by atoms with Gasteiger partial charge in [-0.05, 0) is 26.0 Å². The predicted molar refractivity (Wildman–Crippen MR) is 94.5 cm³/mol. The number of amides is 3. The molecule has 1 atom stereocenters. The number of rotatable bonds is 5. The summed E-state index contributed by atoms with van der Waals surface area (Å²) in [7, 11) is 1.54. The summed E-state index contributed by atoms with van der Waals surface area (Å²) < 4.78 is 0. The normalized spacial score (nSPS) is 12.2. The Balaban J connectivity index is 2.54. The lowest BCUT2D eigenvalue weighted by Crippen LogP contribution is -2.50. The lowest BCUT2D eigenvalue weighted by atomic mass is 9.95. The average molecular weight is 333 g/mol. The molecule has 0 radical (unpaired) electrons. The largest absolute Gasteiger partial charge is 0.344 e. The maximum atomic E-state index is 12.3. The minimum absolute atomic E-state index is 0.0809. The third-order valence-electron chi connectivity index (χ3n) is 3.49. The summed E-state index contributed by atoms with van der Waals surface area (Å²) in [6.45, 7) is 8.82. The van der Waals surface area contributed by atoms with Crippen molar-refractivity contribution in [3.63, 3.8) is 0 Å². The summed E-state index contributed by atoms with van der Waals surface area (Å²) in [4.78, 5) is 37.5. The molecule has 0 aromatic heterocycles. The summed E-state index contributed by atoms with van der Waals surface area (Å²) in [5.41, 5.74) is 1.21. The number of anilines is 1. The summed E-state index contributed by atoms with van der Waals surface area (Å²) in [6.07, 6.45) is 0. The topological polar surface area (TPSA) is 78.5 Å². The molecule has 1 aromatic rings. The van der Waals surface area contributed by atoms with Gasteiger partial charge in [-0.15, -0.1) is 0 Å². The molecule has 0 fully saturated rings. The van der Waals surface area contributed by atoms with Crippen LogP contribution in [0.2, 0.25) is 0 Å². The van der Waals surface area contributed by atoms with Crippen LogP contribution in [0, 0.1) is 12.3 Å². The zero-order chi connectivity index (χ0) is 18.5. The summed E-state index contributed by atoms with van der Waals surface area (Å²) in [5, 5.41) is 5.41. The molecule has 0 bridgehead atoms. The molecular formula is C18H27N3O3. The zero-order valence-corrected chi connectivity index (χ0v) is 15.3. The monoisotopic (exact) mass is 333 g/mol. The summed E-state index contributed by atoms with van der Waals surface area (Å²) in [6, 6.07) is 6.72. The van der Waals surface area contributed by atoms with Crippen molar-refractivity contribution in [1.29, 1.82) is 0 Å². The van der Waals surface area contributed by atoms with E-state index in [9.17, 15) is 14.4 Å². The van der Waals surface area contributed by atoms with Crippen molar-refractivity contribution in [1.82, 2.24) is 10.2 Å². The first-order valence-electron chi connectivity index (χ1n) is 7.93. The number of nitrogens with zero attached hydrogens (tertiary/aromatic N) is 1. The lowest BCUT2D eigenvalue weighted by Gasteiger charge is -2.25. The smallest absolute Gasteiger partial charge is 0.245 e. The van der Waals surface area contributed by atoms with Gasteiger partial charge in [0.15, 0.2) is 0 Å². The Morgan fingerprint density at radius 2 is 1.67 bits per heavy atom. The number of likely N-dealkylation sites (N-methyl/N-ethyl adjacent to an activating group) is 1. The van der Waals surface area contributed by atoms with E-state index < -0.39 is 11.5 Å². The molecule has 2 N–H and O–H groups in total. The van der Waals surface area contributed by atoms with Gasteiger partial charge in [-0.1, -0.05) is 38.5 Å². The van der Waals surface area contributed by atoms with E-state index in [4.69, 9.17) is 0 Å². The molecule has 6 nitrogen and oxygen atoms in total.